The van der Waals surface area contributed by atoms with Gasteiger partial charge in [-0.15, -0.1) is 0 Å². The van der Waals surface area contributed by atoms with Gasteiger partial charge in [0.2, 0.25) is 0 Å². The van der Waals surface area contributed by atoms with E-state index in [1.807, 2.05) is 19.1 Å². The second-order valence-corrected chi connectivity index (χ2v) is 5.24. The number of halogens is 2. The van der Waals surface area contributed by atoms with Gasteiger partial charge in [-0.2, -0.15) is 0 Å². The Morgan fingerprint density at radius 2 is 2.22 bits per heavy atom. The highest BCUT2D eigenvalue weighted by atomic mass is 35.5. The summed E-state index contributed by atoms with van der Waals surface area (Å²) in [6, 6.07) is 5.55. The molecule has 0 radical (unpaired) electrons. The van der Waals surface area contributed by atoms with Gasteiger partial charge in [0.25, 0.3) is 0 Å². The van der Waals surface area contributed by atoms with Crippen molar-refractivity contribution in [1.29, 1.82) is 0 Å². The SMILES string of the molecule is CC1CNCC(COCc2cccc(Cl)c2Cl)O1. The minimum atomic E-state index is 0.103. The Morgan fingerprint density at radius 3 is 3.00 bits per heavy atom. The summed E-state index contributed by atoms with van der Waals surface area (Å²) in [5, 5.41) is 4.42. The van der Waals surface area contributed by atoms with Gasteiger partial charge in [0.05, 0.1) is 35.5 Å². The standard InChI is InChI=1S/C13H17Cl2NO2/c1-9-5-16-6-11(18-9)8-17-7-10-3-2-4-12(14)13(10)15/h2-4,9,11,16H,5-8H2,1H3. The molecule has 3 nitrogen and oxygen atoms in total. The molecule has 18 heavy (non-hydrogen) atoms. The maximum absolute atomic E-state index is 6.08. The van der Waals surface area contributed by atoms with Gasteiger partial charge in [0.15, 0.2) is 0 Å². The third-order valence-corrected chi connectivity index (χ3v) is 3.68. The topological polar surface area (TPSA) is 30.5 Å². The lowest BCUT2D eigenvalue weighted by atomic mass is 10.2. The van der Waals surface area contributed by atoms with Crippen molar-refractivity contribution in [1.82, 2.24) is 5.32 Å². The fourth-order valence-electron chi connectivity index (χ4n) is 1.93. The molecule has 2 atom stereocenters. The summed E-state index contributed by atoms with van der Waals surface area (Å²) in [7, 11) is 0. The van der Waals surface area contributed by atoms with Gasteiger partial charge >= 0.3 is 0 Å². The summed E-state index contributed by atoms with van der Waals surface area (Å²) in [5.41, 5.74) is 0.904. The van der Waals surface area contributed by atoms with E-state index in [-0.39, 0.29) is 12.2 Å². The Kier molecular flexibility index (Phi) is 5.27. The zero-order valence-electron chi connectivity index (χ0n) is 10.3. The van der Waals surface area contributed by atoms with E-state index in [9.17, 15) is 0 Å². The number of nitrogens with one attached hydrogen (secondary N) is 1. The Hall–Kier alpha value is -0.320. The van der Waals surface area contributed by atoms with Gasteiger partial charge in [-0.3, -0.25) is 0 Å². The highest BCUT2D eigenvalue weighted by Crippen LogP contribution is 2.26. The van der Waals surface area contributed by atoms with E-state index in [2.05, 4.69) is 5.32 Å². The van der Waals surface area contributed by atoms with Gasteiger partial charge in [-0.05, 0) is 18.6 Å². The van der Waals surface area contributed by atoms with Crippen LogP contribution < -0.4 is 5.32 Å². The zero-order chi connectivity index (χ0) is 13.0. The first-order valence-electron chi connectivity index (χ1n) is 6.03. The molecule has 0 aromatic heterocycles. The maximum atomic E-state index is 6.08. The summed E-state index contributed by atoms with van der Waals surface area (Å²) in [4.78, 5) is 0. The van der Waals surface area contributed by atoms with Crippen LogP contribution in [0.15, 0.2) is 18.2 Å². The predicted octanol–water partition coefficient (Wildman–Crippen LogP) is 2.89. The van der Waals surface area contributed by atoms with E-state index in [4.69, 9.17) is 32.7 Å². The summed E-state index contributed by atoms with van der Waals surface area (Å²) in [6.07, 6.45) is 0.341. The van der Waals surface area contributed by atoms with E-state index in [0.29, 0.717) is 23.3 Å². The van der Waals surface area contributed by atoms with Crippen LogP contribution in [0.2, 0.25) is 10.0 Å². The van der Waals surface area contributed by atoms with Gasteiger partial charge in [0, 0.05) is 13.1 Å². The smallest absolute Gasteiger partial charge is 0.0936 e. The summed E-state index contributed by atoms with van der Waals surface area (Å²) in [5.74, 6) is 0. The molecule has 2 unspecified atom stereocenters. The van der Waals surface area contributed by atoms with Crippen molar-refractivity contribution in [3.8, 4) is 0 Å². The predicted molar refractivity (Wildman–Crippen MR) is 73.3 cm³/mol. The molecular formula is C13H17Cl2NO2. The van der Waals surface area contributed by atoms with Crippen LogP contribution >= 0.6 is 23.2 Å². The van der Waals surface area contributed by atoms with Crippen LogP contribution in [0.4, 0.5) is 0 Å². The molecule has 0 bridgehead atoms. The fraction of sp³-hybridized carbons (Fsp3) is 0.538. The molecule has 5 heteroatoms. The van der Waals surface area contributed by atoms with E-state index >= 15 is 0 Å². The molecule has 0 spiro atoms. The van der Waals surface area contributed by atoms with Crippen LogP contribution in [0, 0.1) is 0 Å². The third kappa shape index (κ3) is 3.84. The second-order valence-electron chi connectivity index (χ2n) is 4.46. The van der Waals surface area contributed by atoms with Crippen LogP contribution in [0.1, 0.15) is 12.5 Å². The van der Waals surface area contributed by atoms with Gasteiger partial charge in [0.1, 0.15) is 0 Å². The number of benzene rings is 1. The monoisotopic (exact) mass is 289 g/mol. The average Bonchev–Trinajstić information content (AvgIpc) is 2.35. The normalized spacial score (nSPS) is 24.2. The van der Waals surface area contributed by atoms with Crippen molar-refractivity contribution < 1.29 is 9.47 Å². The van der Waals surface area contributed by atoms with Crippen molar-refractivity contribution >= 4 is 23.2 Å². The first-order chi connectivity index (χ1) is 8.66. The van der Waals surface area contributed by atoms with Gasteiger partial charge in [-0.25, -0.2) is 0 Å². The van der Waals surface area contributed by atoms with E-state index in [0.717, 1.165) is 18.7 Å². The third-order valence-electron chi connectivity index (χ3n) is 2.82. The zero-order valence-corrected chi connectivity index (χ0v) is 11.8. The van der Waals surface area contributed by atoms with Gasteiger partial charge in [-0.1, -0.05) is 35.3 Å². The molecule has 0 aliphatic carbocycles. The first-order valence-corrected chi connectivity index (χ1v) is 6.79. The quantitative estimate of drug-likeness (QED) is 0.925. The number of ether oxygens (including phenoxy) is 2. The minimum Gasteiger partial charge on any atom is -0.374 e. The molecule has 1 N–H and O–H groups in total. The average molecular weight is 290 g/mol. The molecule has 100 valence electrons. The van der Waals surface area contributed by atoms with Crippen molar-refractivity contribution in [2.75, 3.05) is 19.7 Å². The Bertz CT molecular complexity index is 401. The van der Waals surface area contributed by atoms with Crippen LogP contribution in [-0.2, 0) is 16.1 Å². The molecule has 1 fully saturated rings. The molecule has 0 saturated carbocycles. The summed E-state index contributed by atoms with van der Waals surface area (Å²) in [6.45, 7) is 4.78. The van der Waals surface area contributed by atoms with Crippen LogP contribution in [0.25, 0.3) is 0 Å². The van der Waals surface area contributed by atoms with Crippen molar-refractivity contribution in [3.63, 3.8) is 0 Å². The van der Waals surface area contributed by atoms with Crippen LogP contribution in [-0.4, -0.2) is 31.9 Å². The molecule has 1 aliphatic rings. The Morgan fingerprint density at radius 1 is 1.39 bits per heavy atom. The fourth-order valence-corrected chi connectivity index (χ4v) is 2.31. The number of hydrogen-bond acceptors (Lipinski definition) is 3. The van der Waals surface area contributed by atoms with Gasteiger partial charge < -0.3 is 14.8 Å². The van der Waals surface area contributed by atoms with E-state index in [1.165, 1.54) is 0 Å². The van der Waals surface area contributed by atoms with Crippen LogP contribution in [0.5, 0.6) is 0 Å². The molecular weight excluding hydrogens is 273 g/mol. The summed E-state index contributed by atoms with van der Waals surface area (Å²) >= 11 is 12.0. The Labute approximate surface area is 117 Å². The number of hydrogen-bond donors (Lipinski definition) is 1. The van der Waals surface area contributed by atoms with E-state index in [1.54, 1.807) is 6.07 Å². The maximum Gasteiger partial charge on any atom is 0.0936 e. The lowest BCUT2D eigenvalue weighted by Crippen LogP contribution is -2.45. The summed E-state index contributed by atoms with van der Waals surface area (Å²) < 4.78 is 11.4. The largest absolute Gasteiger partial charge is 0.374 e. The van der Waals surface area contributed by atoms with Crippen molar-refractivity contribution in [2.45, 2.75) is 25.7 Å². The number of rotatable bonds is 4. The second kappa shape index (κ2) is 6.73. The molecule has 1 saturated heterocycles. The first kappa shape index (κ1) is 14.1. The Balaban J connectivity index is 1.79. The lowest BCUT2D eigenvalue weighted by Gasteiger charge is -2.28. The molecule has 1 aromatic carbocycles. The van der Waals surface area contributed by atoms with E-state index < -0.39 is 0 Å². The number of morpholine rings is 1. The minimum absolute atomic E-state index is 0.103. The highest BCUT2D eigenvalue weighted by Gasteiger charge is 2.18. The molecule has 2 rings (SSSR count). The molecule has 1 aliphatic heterocycles. The molecule has 0 amide bonds. The van der Waals surface area contributed by atoms with Crippen molar-refractivity contribution in [2.24, 2.45) is 0 Å². The molecule has 1 aromatic rings. The lowest BCUT2D eigenvalue weighted by molar-refractivity contribution is -0.0716. The van der Waals surface area contributed by atoms with Crippen LogP contribution in [0.3, 0.4) is 0 Å². The molecule has 1 heterocycles. The van der Waals surface area contributed by atoms with Crippen molar-refractivity contribution in [3.05, 3.63) is 33.8 Å². The highest BCUT2D eigenvalue weighted by molar-refractivity contribution is 6.42.